The fourth-order valence-corrected chi connectivity index (χ4v) is 4.28. The average molecular weight is 377 g/mol. The maximum atomic E-state index is 12.1. The fourth-order valence-electron chi connectivity index (χ4n) is 4.28. The van der Waals surface area contributed by atoms with Gasteiger partial charge in [0.25, 0.3) is 0 Å². The third-order valence-electron chi connectivity index (χ3n) is 5.57. The van der Waals surface area contributed by atoms with Crippen LogP contribution < -0.4 is 15.1 Å². The lowest BCUT2D eigenvalue weighted by Crippen LogP contribution is -2.39. The van der Waals surface area contributed by atoms with Gasteiger partial charge in [0.1, 0.15) is 18.3 Å². The standard InChI is InChI=1S/C23H23NO4/c1-24(13-18-14-26-20-7-2-3-8-21(20)27-18)12-17-11-23(25)28-22-10-16-6-4-5-15(16)9-19(17)22/h2-3,7-11,18H,4-6,12-14H2,1H3/t18-/m1/s1. The van der Waals surface area contributed by atoms with Crippen LogP contribution in [0.5, 0.6) is 11.5 Å². The van der Waals surface area contributed by atoms with Crippen molar-refractivity contribution < 1.29 is 13.9 Å². The molecule has 0 saturated heterocycles. The van der Waals surface area contributed by atoms with Crippen LogP contribution in [-0.2, 0) is 19.4 Å². The molecule has 3 aromatic rings. The minimum absolute atomic E-state index is 0.0458. The van der Waals surface area contributed by atoms with E-state index >= 15 is 0 Å². The SMILES string of the molecule is CN(Cc1cc(=O)oc2cc3c(cc12)CCC3)C[C@@H]1COc2ccccc2O1. The van der Waals surface area contributed by atoms with E-state index in [9.17, 15) is 4.79 Å². The summed E-state index contributed by atoms with van der Waals surface area (Å²) < 4.78 is 17.4. The van der Waals surface area contributed by atoms with Crippen LogP contribution >= 0.6 is 0 Å². The number of nitrogens with zero attached hydrogens (tertiary/aromatic N) is 1. The molecule has 2 heterocycles. The first kappa shape index (κ1) is 17.3. The highest BCUT2D eigenvalue weighted by molar-refractivity contribution is 5.82. The second kappa shape index (κ2) is 6.99. The molecule has 0 radical (unpaired) electrons. The largest absolute Gasteiger partial charge is 0.486 e. The fraction of sp³-hybridized carbons (Fsp3) is 0.348. The molecule has 5 heteroatoms. The molecule has 0 N–H and O–H groups in total. The van der Waals surface area contributed by atoms with E-state index in [1.54, 1.807) is 6.07 Å². The first-order chi connectivity index (χ1) is 13.7. The Kier molecular flexibility index (Phi) is 4.32. The Morgan fingerprint density at radius 1 is 1.07 bits per heavy atom. The van der Waals surface area contributed by atoms with Crippen LogP contribution in [0.25, 0.3) is 11.0 Å². The Morgan fingerprint density at radius 2 is 1.86 bits per heavy atom. The minimum atomic E-state index is -0.292. The smallest absolute Gasteiger partial charge is 0.336 e. The molecule has 0 spiro atoms. The number of aryl methyl sites for hydroxylation is 2. The molecule has 2 aromatic carbocycles. The van der Waals surface area contributed by atoms with Gasteiger partial charge in [0.05, 0.1) is 0 Å². The predicted octanol–water partition coefficient (Wildman–Crippen LogP) is 3.55. The Labute approximate surface area is 163 Å². The minimum Gasteiger partial charge on any atom is -0.486 e. The van der Waals surface area contributed by atoms with Crippen molar-refractivity contribution in [2.45, 2.75) is 31.9 Å². The second-order valence-corrected chi connectivity index (χ2v) is 7.76. The van der Waals surface area contributed by atoms with Crippen LogP contribution in [0.3, 0.4) is 0 Å². The maximum Gasteiger partial charge on any atom is 0.336 e. The molecule has 1 atom stereocenters. The quantitative estimate of drug-likeness (QED) is 0.651. The van der Waals surface area contributed by atoms with E-state index in [2.05, 4.69) is 17.0 Å². The van der Waals surface area contributed by atoms with Crippen molar-refractivity contribution in [3.8, 4) is 11.5 Å². The maximum absolute atomic E-state index is 12.1. The molecule has 28 heavy (non-hydrogen) atoms. The van der Waals surface area contributed by atoms with Crippen LogP contribution in [0, 0.1) is 0 Å². The summed E-state index contributed by atoms with van der Waals surface area (Å²) in [6, 6.07) is 13.6. The van der Waals surface area contributed by atoms with Crippen LogP contribution in [0.2, 0.25) is 0 Å². The average Bonchev–Trinajstić information content (AvgIpc) is 3.13. The summed E-state index contributed by atoms with van der Waals surface area (Å²) >= 11 is 0. The van der Waals surface area contributed by atoms with E-state index in [-0.39, 0.29) is 11.7 Å². The lowest BCUT2D eigenvalue weighted by atomic mass is 10.0. The second-order valence-electron chi connectivity index (χ2n) is 7.76. The van der Waals surface area contributed by atoms with Gasteiger partial charge in [0.2, 0.25) is 0 Å². The molecule has 5 nitrogen and oxygen atoms in total. The number of hydrogen-bond acceptors (Lipinski definition) is 5. The van der Waals surface area contributed by atoms with Crippen LogP contribution in [0.15, 0.2) is 51.7 Å². The van der Waals surface area contributed by atoms with Gasteiger partial charge in [0, 0.05) is 24.5 Å². The van der Waals surface area contributed by atoms with E-state index in [4.69, 9.17) is 13.9 Å². The zero-order valence-corrected chi connectivity index (χ0v) is 15.9. The Hall–Kier alpha value is -2.79. The molecular formula is C23H23NO4. The van der Waals surface area contributed by atoms with Crippen molar-refractivity contribution in [2.24, 2.45) is 0 Å². The number of fused-ring (bicyclic) bond motifs is 3. The summed E-state index contributed by atoms with van der Waals surface area (Å²) in [7, 11) is 2.04. The summed E-state index contributed by atoms with van der Waals surface area (Å²) in [5.74, 6) is 1.58. The van der Waals surface area contributed by atoms with Gasteiger partial charge in [-0.15, -0.1) is 0 Å². The first-order valence-electron chi connectivity index (χ1n) is 9.81. The molecule has 1 aromatic heterocycles. The highest BCUT2D eigenvalue weighted by atomic mass is 16.6. The zero-order valence-electron chi connectivity index (χ0n) is 15.9. The molecular weight excluding hydrogens is 354 g/mol. The Balaban J connectivity index is 1.36. The summed E-state index contributed by atoms with van der Waals surface area (Å²) in [5.41, 5.74) is 4.10. The zero-order chi connectivity index (χ0) is 19.1. The molecule has 1 aliphatic heterocycles. The molecule has 0 bridgehead atoms. The monoisotopic (exact) mass is 377 g/mol. The number of likely N-dealkylation sites (N-methyl/N-ethyl adjacent to an activating group) is 1. The van der Waals surface area contributed by atoms with Gasteiger partial charge in [-0.05, 0) is 67.3 Å². The lowest BCUT2D eigenvalue weighted by molar-refractivity contribution is 0.0639. The third-order valence-corrected chi connectivity index (χ3v) is 5.57. The summed E-state index contributed by atoms with van der Waals surface area (Å²) in [6.45, 7) is 1.88. The van der Waals surface area contributed by atoms with E-state index in [0.29, 0.717) is 25.3 Å². The highest BCUT2D eigenvalue weighted by Gasteiger charge is 2.22. The van der Waals surface area contributed by atoms with Crippen molar-refractivity contribution in [1.29, 1.82) is 0 Å². The number of benzene rings is 2. The highest BCUT2D eigenvalue weighted by Crippen LogP contribution is 2.31. The van der Waals surface area contributed by atoms with E-state index in [0.717, 1.165) is 35.3 Å². The molecule has 2 aliphatic rings. The number of rotatable bonds is 4. The van der Waals surface area contributed by atoms with Crippen LogP contribution in [0.1, 0.15) is 23.1 Å². The normalized spacial score (nSPS) is 17.9. The van der Waals surface area contributed by atoms with Gasteiger partial charge in [-0.25, -0.2) is 4.79 Å². The van der Waals surface area contributed by atoms with E-state index in [1.165, 1.54) is 17.5 Å². The molecule has 0 saturated carbocycles. The molecule has 144 valence electrons. The predicted molar refractivity (Wildman–Crippen MR) is 107 cm³/mol. The molecule has 5 rings (SSSR count). The topological polar surface area (TPSA) is 51.9 Å². The third kappa shape index (κ3) is 3.27. The van der Waals surface area contributed by atoms with Crippen molar-refractivity contribution in [1.82, 2.24) is 4.90 Å². The van der Waals surface area contributed by atoms with Crippen molar-refractivity contribution in [2.75, 3.05) is 20.2 Å². The molecule has 0 fully saturated rings. The van der Waals surface area contributed by atoms with Crippen LogP contribution in [0.4, 0.5) is 0 Å². The first-order valence-corrected chi connectivity index (χ1v) is 9.81. The Bertz CT molecular complexity index is 1090. The van der Waals surface area contributed by atoms with Crippen LogP contribution in [-0.4, -0.2) is 31.2 Å². The number of ether oxygens (including phenoxy) is 2. The molecule has 0 unspecified atom stereocenters. The van der Waals surface area contributed by atoms with Crippen molar-refractivity contribution in [3.05, 3.63) is 69.6 Å². The lowest BCUT2D eigenvalue weighted by Gasteiger charge is -2.29. The van der Waals surface area contributed by atoms with Crippen molar-refractivity contribution >= 4 is 11.0 Å². The van der Waals surface area contributed by atoms with Gasteiger partial charge in [-0.2, -0.15) is 0 Å². The van der Waals surface area contributed by atoms with Gasteiger partial charge < -0.3 is 13.9 Å². The van der Waals surface area contributed by atoms with E-state index in [1.807, 2.05) is 31.3 Å². The van der Waals surface area contributed by atoms with Gasteiger partial charge >= 0.3 is 5.63 Å². The van der Waals surface area contributed by atoms with E-state index < -0.39 is 0 Å². The molecule has 1 aliphatic carbocycles. The summed E-state index contributed by atoms with van der Waals surface area (Å²) in [4.78, 5) is 14.3. The van der Waals surface area contributed by atoms with Gasteiger partial charge in [-0.3, -0.25) is 4.90 Å². The number of hydrogen-bond donors (Lipinski definition) is 0. The van der Waals surface area contributed by atoms with Gasteiger partial charge in [0.15, 0.2) is 11.5 Å². The number of para-hydroxylation sites is 2. The Morgan fingerprint density at radius 3 is 2.71 bits per heavy atom. The van der Waals surface area contributed by atoms with Gasteiger partial charge in [-0.1, -0.05) is 12.1 Å². The summed E-state index contributed by atoms with van der Waals surface area (Å²) in [5, 5.41) is 1.04. The summed E-state index contributed by atoms with van der Waals surface area (Å²) in [6.07, 6.45) is 3.30. The molecule has 0 amide bonds. The van der Waals surface area contributed by atoms with Crippen molar-refractivity contribution in [3.63, 3.8) is 0 Å².